The van der Waals surface area contributed by atoms with Gasteiger partial charge >= 0.3 is 0 Å². The van der Waals surface area contributed by atoms with E-state index in [4.69, 9.17) is 5.73 Å². The number of halogens is 1. The highest BCUT2D eigenvalue weighted by Crippen LogP contribution is 2.24. The fraction of sp³-hybridized carbons (Fsp3) is 0.300. The van der Waals surface area contributed by atoms with Crippen molar-refractivity contribution in [3.05, 3.63) is 59.2 Å². The summed E-state index contributed by atoms with van der Waals surface area (Å²) in [5, 5.41) is 5.78. The number of benzene rings is 2. The van der Waals surface area contributed by atoms with Crippen LogP contribution in [0.15, 0.2) is 42.5 Å². The molecule has 0 unspecified atom stereocenters. The smallest absolute Gasteiger partial charge is 0.228 e. The molecule has 0 aromatic heterocycles. The van der Waals surface area contributed by atoms with Gasteiger partial charge in [0.1, 0.15) is 0 Å². The monoisotopic (exact) mass is 373 g/mol. The van der Waals surface area contributed by atoms with E-state index in [1.54, 1.807) is 0 Å². The molecule has 0 atom stereocenters. The predicted octanol–water partition coefficient (Wildman–Crippen LogP) is 2.87. The molecule has 1 aliphatic heterocycles. The first-order valence-corrected chi connectivity index (χ1v) is 8.63. The maximum Gasteiger partial charge on any atom is 0.228 e. The molecule has 0 fully saturated rings. The molecule has 0 saturated carbocycles. The second-order valence-corrected chi connectivity index (χ2v) is 6.41. The first kappa shape index (κ1) is 19.8. The number of anilines is 2. The van der Waals surface area contributed by atoms with Gasteiger partial charge in [0, 0.05) is 24.3 Å². The van der Waals surface area contributed by atoms with Crippen LogP contribution in [0.2, 0.25) is 0 Å². The van der Waals surface area contributed by atoms with Crippen LogP contribution in [0, 0.1) is 0 Å². The van der Waals surface area contributed by atoms with E-state index < -0.39 is 0 Å². The van der Waals surface area contributed by atoms with E-state index in [1.807, 2.05) is 36.4 Å². The van der Waals surface area contributed by atoms with E-state index in [0.29, 0.717) is 19.4 Å². The Kier molecular flexibility index (Phi) is 7.04. The Morgan fingerprint density at radius 1 is 1.08 bits per heavy atom. The molecule has 6 heteroatoms. The molecule has 3 rings (SSSR count). The summed E-state index contributed by atoms with van der Waals surface area (Å²) in [5.74, 6) is 0.126. The van der Waals surface area contributed by atoms with Crippen LogP contribution < -0.4 is 16.4 Å². The quantitative estimate of drug-likeness (QED) is 0.652. The molecule has 0 saturated heterocycles. The number of aryl methyl sites for hydroxylation is 1. The first-order valence-electron chi connectivity index (χ1n) is 8.63. The molecular weight excluding hydrogens is 350 g/mol. The molecule has 4 N–H and O–H groups in total. The lowest BCUT2D eigenvalue weighted by Crippen LogP contribution is -2.25. The van der Waals surface area contributed by atoms with Gasteiger partial charge in [-0.2, -0.15) is 0 Å². The van der Waals surface area contributed by atoms with Gasteiger partial charge in [-0.15, -0.1) is 12.4 Å². The molecule has 0 bridgehead atoms. The first-order chi connectivity index (χ1) is 12.1. The zero-order chi connectivity index (χ0) is 17.6. The van der Waals surface area contributed by atoms with Crippen LogP contribution in [-0.2, 0) is 28.9 Å². The van der Waals surface area contributed by atoms with Crippen molar-refractivity contribution in [3.63, 3.8) is 0 Å². The fourth-order valence-electron chi connectivity index (χ4n) is 3.01. The Balaban J connectivity index is 0.00000243. The molecule has 2 aromatic carbocycles. The van der Waals surface area contributed by atoms with Crippen LogP contribution in [0.5, 0.6) is 0 Å². The molecule has 26 heavy (non-hydrogen) atoms. The average molecular weight is 374 g/mol. The fourth-order valence-corrected chi connectivity index (χ4v) is 3.01. The molecule has 0 spiro atoms. The highest BCUT2D eigenvalue weighted by atomic mass is 35.5. The van der Waals surface area contributed by atoms with Gasteiger partial charge in [-0.05, 0) is 54.2 Å². The molecule has 0 aliphatic carbocycles. The Hall–Kier alpha value is -2.53. The van der Waals surface area contributed by atoms with Gasteiger partial charge in [0.25, 0.3) is 0 Å². The molecule has 2 amide bonds. The van der Waals surface area contributed by atoms with Gasteiger partial charge in [0.15, 0.2) is 0 Å². The Bertz CT molecular complexity index is 775. The lowest BCUT2D eigenvalue weighted by atomic mass is 10.0. The largest absolute Gasteiger partial charge is 0.399 e. The number of nitrogens with two attached hydrogens (primary N) is 1. The molecule has 138 valence electrons. The summed E-state index contributed by atoms with van der Waals surface area (Å²) >= 11 is 0. The number of nitrogens with one attached hydrogen (secondary N) is 2. The maximum absolute atomic E-state index is 11.9. The second-order valence-electron chi connectivity index (χ2n) is 6.41. The molecule has 2 aromatic rings. The Labute approximate surface area is 159 Å². The Morgan fingerprint density at radius 2 is 1.81 bits per heavy atom. The zero-order valence-corrected chi connectivity index (χ0v) is 15.4. The van der Waals surface area contributed by atoms with Gasteiger partial charge < -0.3 is 16.4 Å². The number of hydrogen-bond donors (Lipinski definition) is 3. The van der Waals surface area contributed by atoms with Crippen LogP contribution in [0.25, 0.3) is 0 Å². The number of carbonyl (C=O) groups excluding carboxylic acids is 2. The maximum atomic E-state index is 11.9. The highest BCUT2D eigenvalue weighted by molar-refractivity contribution is 5.99. The third-order valence-electron chi connectivity index (χ3n) is 4.38. The summed E-state index contributed by atoms with van der Waals surface area (Å²) in [6.45, 7) is 0.634. The van der Waals surface area contributed by atoms with E-state index in [2.05, 4.69) is 16.7 Å². The summed E-state index contributed by atoms with van der Waals surface area (Å²) < 4.78 is 0. The van der Waals surface area contributed by atoms with Crippen LogP contribution in [-0.4, -0.2) is 18.4 Å². The third-order valence-corrected chi connectivity index (χ3v) is 4.38. The zero-order valence-electron chi connectivity index (χ0n) is 14.6. The summed E-state index contributed by atoms with van der Waals surface area (Å²) in [6, 6.07) is 13.7. The van der Waals surface area contributed by atoms with E-state index in [9.17, 15) is 9.59 Å². The molecule has 5 nitrogen and oxygen atoms in total. The van der Waals surface area contributed by atoms with Gasteiger partial charge in [-0.1, -0.05) is 24.3 Å². The number of carbonyl (C=O) groups is 2. The minimum Gasteiger partial charge on any atom is -0.399 e. The molecule has 0 radical (unpaired) electrons. The summed E-state index contributed by atoms with van der Waals surface area (Å²) in [5.41, 5.74) is 10.7. The number of fused-ring (bicyclic) bond motifs is 1. The van der Waals surface area contributed by atoms with Crippen molar-refractivity contribution >= 4 is 35.6 Å². The molecular formula is C20H24ClN3O2. The van der Waals surface area contributed by atoms with Crippen molar-refractivity contribution < 1.29 is 9.59 Å². The van der Waals surface area contributed by atoms with Crippen LogP contribution in [0.1, 0.15) is 29.5 Å². The Morgan fingerprint density at radius 3 is 2.58 bits per heavy atom. The van der Waals surface area contributed by atoms with Crippen molar-refractivity contribution in [3.8, 4) is 0 Å². The van der Waals surface area contributed by atoms with Gasteiger partial charge in [-0.25, -0.2) is 0 Å². The van der Waals surface area contributed by atoms with Crippen LogP contribution in [0.3, 0.4) is 0 Å². The minimum absolute atomic E-state index is 0. The van der Waals surface area contributed by atoms with Crippen LogP contribution in [0.4, 0.5) is 11.4 Å². The molecule has 1 aliphatic rings. The van der Waals surface area contributed by atoms with Crippen LogP contribution >= 0.6 is 12.4 Å². The van der Waals surface area contributed by atoms with E-state index in [1.165, 1.54) is 5.56 Å². The number of hydrogen-bond acceptors (Lipinski definition) is 3. The summed E-state index contributed by atoms with van der Waals surface area (Å²) in [4.78, 5) is 23.3. The SMILES string of the molecule is Cl.Nc1ccc(CCNC(=O)CCCc2ccc3c(c2)CC(=O)N3)cc1. The number of rotatable bonds is 7. The number of amides is 2. The highest BCUT2D eigenvalue weighted by Gasteiger charge is 2.17. The van der Waals surface area contributed by atoms with E-state index in [-0.39, 0.29) is 24.2 Å². The lowest BCUT2D eigenvalue weighted by molar-refractivity contribution is -0.121. The van der Waals surface area contributed by atoms with Gasteiger partial charge in [0.2, 0.25) is 11.8 Å². The van der Waals surface area contributed by atoms with Crippen molar-refractivity contribution in [2.24, 2.45) is 0 Å². The van der Waals surface area contributed by atoms with Crippen molar-refractivity contribution in [1.29, 1.82) is 0 Å². The van der Waals surface area contributed by atoms with Gasteiger partial charge in [0.05, 0.1) is 6.42 Å². The second kappa shape index (κ2) is 9.25. The average Bonchev–Trinajstić information content (AvgIpc) is 2.96. The van der Waals surface area contributed by atoms with Crippen molar-refractivity contribution in [1.82, 2.24) is 5.32 Å². The number of nitrogen functional groups attached to an aromatic ring is 1. The summed E-state index contributed by atoms with van der Waals surface area (Å²) in [6.07, 6.45) is 3.41. The normalized spacial score (nSPS) is 12.1. The van der Waals surface area contributed by atoms with Gasteiger partial charge in [-0.3, -0.25) is 9.59 Å². The predicted molar refractivity (Wildman–Crippen MR) is 107 cm³/mol. The molecule has 1 heterocycles. The van der Waals surface area contributed by atoms with E-state index in [0.717, 1.165) is 41.8 Å². The lowest BCUT2D eigenvalue weighted by Gasteiger charge is -2.07. The van der Waals surface area contributed by atoms with E-state index >= 15 is 0 Å². The standard InChI is InChI=1S/C20H23N3O2.ClH/c21-17-7-4-14(5-8-17)10-11-22-19(24)3-1-2-15-6-9-18-16(12-15)13-20(25)23-18;/h4-9,12H,1-3,10-11,13,21H2,(H,22,24)(H,23,25);1H. The summed E-state index contributed by atoms with van der Waals surface area (Å²) in [7, 11) is 0. The van der Waals surface area contributed by atoms with Crippen molar-refractivity contribution in [2.75, 3.05) is 17.6 Å². The van der Waals surface area contributed by atoms with Crippen molar-refractivity contribution in [2.45, 2.75) is 32.1 Å². The minimum atomic E-state index is 0. The topological polar surface area (TPSA) is 84.2 Å². The third kappa shape index (κ3) is 5.49.